The molecule has 9 heteroatoms. The van der Waals surface area contributed by atoms with Crippen molar-refractivity contribution in [1.29, 1.82) is 0 Å². The summed E-state index contributed by atoms with van der Waals surface area (Å²) >= 11 is 0. The molecule has 19 heavy (non-hydrogen) atoms. The summed E-state index contributed by atoms with van der Waals surface area (Å²) in [4.78, 5) is 9.60. The van der Waals surface area contributed by atoms with E-state index >= 15 is 0 Å². The van der Waals surface area contributed by atoms with Gasteiger partial charge in [-0.05, 0) is 6.92 Å². The smallest absolute Gasteiger partial charge is 0.321 e. The molecular weight excluding hydrogens is 287 g/mol. The van der Waals surface area contributed by atoms with Gasteiger partial charge in [-0.15, -0.1) is 0 Å². The summed E-state index contributed by atoms with van der Waals surface area (Å²) in [5, 5.41) is 0. The molecule has 0 spiro atoms. The highest BCUT2D eigenvalue weighted by atomic mass is 32.2. The molecule has 0 atom stereocenters. The van der Waals surface area contributed by atoms with Crippen LogP contribution in [0.15, 0.2) is 17.0 Å². The SMILES string of the molecule is CCOC(=O)CNS(=O)(=O)c1c(F)cc(F)cc1F. The zero-order valence-electron chi connectivity index (χ0n) is 9.74. The van der Waals surface area contributed by atoms with Gasteiger partial charge >= 0.3 is 5.97 Å². The van der Waals surface area contributed by atoms with Gasteiger partial charge in [-0.3, -0.25) is 4.79 Å². The van der Waals surface area contributed by atoms with Gasteiger partial charge in [-0.2, -0.15) is 4.72 Å². The Morgan fingerprint density at radius 2 is 1.79 bits per heavy atom. The van der Waals surface area contributed by atoms with Crippen molar-refractivity contribution >= 4 is 16.0 Å². The van der Waals surface area contributed by atoms with Gasteiger partial charge in [0.25, 0.3) is 0 Å². The lowest BCUT2D eigenvalue weighted by Gasteiger charge is -2.08. The van der Waals surface area contributed by atoms with E-state index in [1.54, 1.807) is 4.72 Å². The molecule has 0 radical (unpaired) electrons. The number of hydrogen-bond donors (Lipinski definition) is 1. The van der Waals surface area contributed by atoms with Crippen LogP contribution in [0.4, 0.5) is 13.2 Å². The molecule has 0 saturated carbocycles. The summed E-state index contributed by atoms with van der Waals surface area (Å²) in [5.41, 5.74) is 0. The van der Waals surface area contributed by atoms with Gasteiger partial charge in [-0.1, -0.05) is 0 Å². The van der Waals surface area contributed by atoms with E-state index in [0.717, 1.165) is 0 Å². The van der Waals surface area contributed by atoms with Crippen LogP contribution in [0.2, 0.25) is 0 Å². The van der Waals surface area contributed by atoms with Crippen LogP contribution in [0, 0.1) is 17.5 Å². The van der Waals surface area contributed by atoms with Gasteiger partial charge in [0.15, 0.2) is 4.90 Å². The number of sulfonamides is 1. The van der Waals surface area contributed by atoms with E-state index in [9.17, 15) is 26.4 Å². The number of halogens is 3. The second kappa shape index (κ2) is 6.02. The van der Waals surface area contributed by atoms with E-state index in [4.69, 9.17) is 0 Å². The molecule has 5 nitrogen and oxygen atoms in total. The van der Waals surface area contributed by atoms with Crippen LogP contribution in [0.3, 0.4) is 0 Å². The molecule has 0 bridgehead atoms. The van der Waals surface area contributed by atoms with Crippen molar-refractivity contribution in [3.05, 3.63) is 29.6 Å². The van der Waals surface area contributed by atoms with E-state index in [0.29, 0.717) is 0 Å². The molecule has 0 unspecified atom stereocenters. The minimum absolute atomic E-state index is 0.0276. The second-order valence-electron chi connectivity index (χ2n) is 3.33. The topological polar surface area (TPSA) is 72.5 Å². The maximum Gasteiger partial charge on any atom is 0.321 e. The predicted octanol–water partition coefficient (Wildman–Crippen LogP) is 0.945. The Kier molecular flexibility index (Phi) is 4.90. The van der Waals surface area contributed by atoms with Crippen LogP contribution in [0.5, 0.6) is 0 Å². The molecule has 1 aromatic rings. The Bertz CT molecular complexity index is 565. The maximum absolute atomic E-state index is 13.3. The Morgan fingerprint density at radius 3 is 2.26 bits per heavy atom. The molecule has 1 rings (SSSR count). The molecule has 1 N–H and O–H groups in total. The maximum atomic E-state index is 13.3. The second-order valence-corrected chi connectivity index (χ2v) is 5.03. The normalized spacial score (nSPS) is 11.4. The highest BCUT2D eigenvalue weighted by Gasteiger charge is 2.25. The number of ether oxygens (including phenoxy) is 1. The van der Waals surface area contributed by atoms with E-state index < -0.39 is 44.9 Å². The van der Waals surface area contributed by atoms with E-state index in [1.165, 1.54) is 6.92 Å². The Hall–Kier alpha value is -1.61. The fourth-order valence-corrected chi connectivity index (χ4v) is 2.31. The number of esters is 1. The molecule has 0 heterocycles. The molecule has 0 saturated heterocycles. The third kappa shape index (κ3) is 3.93. The van der Waals surface area contributed by atoms with Crippen LogP contribution in [0.1, 0.15) is 6.92 Å². The monoisotopic (exact) mass is 297 g/mol. The number of carbonyl (C=O) groups excluding carboxylic acids is 1. The average Bonchev–Trinajstić information content (AvgIpc) is 2.25. The summed E-state index contributed by atoms with van der Waals surface area (Å²) in [6.07, 6.45) is 0. The number of carbonyl (C=O) groups is 1. The van der Waals surface area contributed by atoms with Crippen LogP contribution < -0.4 is 4.72 Å². The number of hydrogen-bond acceptors (Lipinski definition) is 4. The average molecular weight is 297 g/mol. The van der Waals surface area contributed by atoms with Gasteiger partial charge < -0.3 is 4.74 Å². The van der Waals surface area contributed by atoms with Crippen molar-refractivity contribution in [1.82, 2.24) is 4.72 Å². The largest absolute Gasteiger partial charge is 0.465 e. The summed E-state index contributed by atoms with van der Waals surface area (Å²) in [7, 11) is -4.62. The van der Waals surface area contributed by atoms with Crippen molar-refractivity contribution in [2.45, 2.75) is 11.8 Å². The highest BCUT2D eigenvalue weighted by molar-refractivity contribution is 7.89. The van der Waals surface area contributed by atoms with Crippen LogP contribution in [-0.2, 0) is 19.6 Å². The lowest BCUT2D eigenvalue weighted by atomic mass is 10.3. The Labute approximate surface area is 107 Å². The summed E-state index contributed by atoms with van der Waals surface area (Å²) < 4.78 is 68.4. The number of nitrogens with one attached hydrogen (secondary N) is 1. The standard InChI is InChI=1S/C10H10F3NO4S/c1-2-18-9(15)5-14-19(16,17)10-7(12)3-6(11)4-8(10)13/h3-4,14H,2,5H2,1H3. The first-order chi connectivity index (χ1) is 8.77. The van der Waals surface area contributed by atoms with E-state index in [2.05, 4.69) is 4.74 Å². The van der Waals surface area contributed by atoms with Gasteiger partial charge in [0.05, 0.1) is 6.61 Å². The third-order valence-electron chi connectivity index (χ3n) is 1.94. The van der Waals surface area contributed by atoms with Gasteiger partial charge in [0.1, 0.15) is 24.0 Å². The molecule has 106 valence electrons. The van der Waals surface area contributed by atoms with Crippen LogP contribution >= 0.6 is 0 Å². The number of benzene rings is 1. The summed E-state index contributed by atoms with van der Waals surface area (Å²) in [6, 6.07) is 0.448. The van der Waals surface area contributed by atoms with Crippen LogP contribution in [-0.4, -0.2) is 27.5 Å². The molecule has 0 aromatic heterocycles. The predicted molar refractivity (Wildman–Crippen MR) is 58.1 cm³/mol. The van der Waals surface area contributed by atoms with E-state index in [1.807, 2.05) is 0 Å². The molecule has 0 fully saturated rings. The molecule has 0 aliphatic carbocycles. The minimum Gasteiger partial charge on any atom is -0.465 e. The first kappa shape index (κ1) is 15.4. The Morgan fingerprint density at radius 1 is 1.26 bits per heavy atom. The van der Waals surface area contributed by atoms with Crippen LogP contribution in [0.25, 0.3) is 0 Å². The molecular formula is C10H10F3NO4S. The zero-order chi connectivity index (χ0) is 14.6. The van der Waals surface area contributed by atoms with Crippen molar-refractivity contribution in [2.24, 2.45) is 0 Å². The van der Waals surface area contributed by atoms with Gasteiger partial charge in [-0.25, -0.2) is 21.6 Å². The zero-order valence-corrected chi connectivity index (χ0v) is 10.6. The van der Waals surface area contributed by atoms with Gasteiger partial charge in [0, 0.05) is 12.1 Å². The lowest BCUT2D eigenvalue weighted by molar-refractivity contribution is -0.141. The van der Waals surface area contributed by atoms with Crippen molar-refractivity contribution in [3.63, 3.8) is 0 Å². The molecule has 1 aromatic carbocycles. The van der Waals surface area contributed by atoms with Crippen molar-refractivity contribution < 1.29 is 31.1 Å². The fourth-order valence-electron chi connectivity index (χ4n) is 1.22. The van der Waals surface area contributed by atoms with Gasteiger partial charge in [0.2, 0.25) is 10.0 Å². The third-order valence-corrected chi connectivity index (χ3v) is 3.40. The first-order valence-electron chi connectivity index (χ1n) is 5.07. The van der Waals surface area contributed by atoms with E-state index in [-0.39, 0.29) is 18.7 Å². The van der Waals surface area contributed by atoms with Crippen molar-refractivity contribution in [3.8, 4) is 0 Å². The minimum atomic E-state index is -4.62. The van der Waals surface area contributed by atoms with Crippen molar-refractivity contribution in [2.75, 3.05) is 13.2 Å². The molecule has 0 aliphatic heterocycles. The lowest BCUT2D eigenvalue weighted by Crippen LogP contribution is -2.32. The molecule has 0 amide bonds. The first-order valence-corrected chi connectivity index (χ1v) is 6.56. The Balaban J connectivity index is 2.98. The quantitative estimate of drug-likeness (QED) is 0.821. The molecule has 0 aliphatic rings. The summed E-state index contributed by atoms with van der Waals surface area (Å²) in [6.45, 7) is 0.748. The summed E-state index contributed by atoms with van der Waals surface area (Å²) in [5.74, 6) is -5.34. The number of rotatable bonds is 5. The fraction of sp³-hybridized carbons (Fsp3) is 0.300. The highest BCUT2D eigenvalue weighted by Crippen LogP contribution is 2.19.